The number of nitrogens with one attached hydrogen (secondary N) is 1. The zero-order chi connectivity index (χ0) is 13.3. The summed E-state index contributed by atoms with van der Waals surface area (Å²) in [7, 11) is 0. The van der Waals surface area contributed by atoms with E-state index in [0.717, 1.165) is 25.7 Å². The van der Waals surface area contributed by atoms with Crippen LogP contribution in [0.3, 0.4) is 0 Å². The predicted molar refractivity (Wildman–Crippen MR) is 68.2 cm³/mol. The Morgan fingerprint density at radius 2 is 1.94 bits per heavy atom. The van der Waals surface area contributed by atoms with Crippen molar-refractivity contribution >= 4 is 11.9 Å². The molecular weight excluding hydrogens is 230 g/mol. The van der Waals surface area contributed by atoms with Crippen LogP contribution in [0.5, 0.6) is 0 Å². The molecular formula is C14H23NO3. The average molecular weight is 253 g/mol. The molecule has 0 aliphatic heterocycles. The van der Waals surface area contributed by atoms with Crippen molar-refractivity contribution in [2.24, 2.45) is 11.8 Å². The first-order valence-electron chi connectivity index (χ1n) is 6.85. The minimum Gasteiger partial charge on any atom is -0.444 e. The molecule has 0 spiro atoms. The molecule has 0 bridgehead atoms. The van der Waals surface area contributed by atoms with E-state index in [1.165, 1.54) is 0 Å². The Bertz CT molecular complexity index is 345. The minimum atomic E-state index is -0.453. The lowest BCUT2D eigenvalue weighted by Crippen LogP contribution is -2.38. The fourth-order valence-electron chi connectivity index (χ4n) is 3.15. The predicted octanol–water partition coefficient (Wildman–Crippen LogP) is 2.66. The number of Topliss-reactive ketones (excluding diaryl/α,β-unsaturated/α-hetero) is 1. The van der Waals surface area contributed by atoms with E-state index in [-0.39, 0.29) is 12.1 Å². The Morgan fingerprint density at radius 1 is 1.28 bits per heavy atom. The van der Waals surface area contributed by atoms with Gasteiger partial charge in [0.25, 0.3) is 0 Å². The van der Waals surface area contributed by atoms with Crippen LogP contribution in [0.15, 0.2) is 0 Å². The molecule has 2 saturated carbocycles. The van der Waals surface area contributed by atoms with Gasteiger partial charge >= 0.3 is 6.09 Å². The van der Waals surface area contributed by atoms with Crippen molar-refractivity contribution in [3.8, 4) is 0 Å². The van der Waals surface area contributed by atoms with Gasteiger partial charge in [-0.1, -0.05) is 0 Å². The second-order valence-corrected chi connectivity index (χ2v) is 6.62. The van der Waals surface area contributed by atoms with Gasteiger partial charge < -0.3 is 10.1 Å². The highest BCUT2D eigenvalue weighted by Crippen LogP contribution is 2.41. The van der Waals surface area contributed by atoms with Gasteiger partial charge in [-0.25, -0.2) is 4.79 Å². The van der Waals surface area contributed by atoms with Crippen molar-refractivity contribution in [3.05, 3.63) is 0 Å². The fourth-order valence-corrected chi connectivity index (χ4v) is 3.15. The summed E-state index contributed by atoms with van der Waals surface area (Å²) in [6, 6.07) is 0.181. The van der Waals surface area contributed by atoms with Crippen molar-refractivity contribution in [1.29, 1.82) is 0 Å². The van der Waals surface area contributed by atoms with Crippen LogP contribution in [0.1, 0.15) is 52.9 Å². The molecule has 0 heterocycles. The maximum atomic E-state index is 11.7. The SMILES string of the molecule is CC(C)(C)OC(=O)N[C@H]1C[C@H]2CCC(=O)C[C@@H]2C1. The first kappa shape index (κ1) is 13.4. The highest BCUT2D eigenvalue weighted by Gasteiger charge is 2.39. The fraction of sp³-hybridized carbons (Fsp3) is 0.857. The largest absolute Gasteiger partial charge is 0.444 e. The quantitative estimate of drug-likeness (QED) is 0.781. The number of hydrogen-bond donors (Lipinski definition) is 1. The van der Waals surface area contributed by atoms with Crippen LogP contribution in [-0.2, 0) is 9.53 Å². The third kappa shape index (κ3) is 3.47. The van der Waals surface area contributed by atoms with E-state index >= 15 is 0 Å². The molecule has 2 fully saturated rings. The topological polar surface area (TPSA) is 55.4 Å². The Balaban J connectivity index is 1.82. The van der Waals surface area contributed by atoms with Gasteiger partial charge in [-0.3, -0.25) is 4.79 Å². The number of hydrogen-bond acceptors (Lipinski definition) is 3. The molecule has 102 valence electrons. The number of ketones is 1. The molecule has 0 saturated heterocycles. The van der Waals surface area contributed by atoms with Crippen LogP contribution in [0.2, 0.25) is 0 Å². The minimum absolute atomic E-state index is 0.181. The Hall–Kier alpha value is -1.06. The molecule has 2 aliphatic rings. The van der Waals surface area contributed by atoms with E-state index in [4.69, 9.17) is 4.74 Å². The second kappa shape index (κ2) is 4.90. The molecule has 0 radical (unpaired) electrons. The molecule has 0 unspecified atom stereocenters. The van der Waals surface area contributed by atoms with E-state index in [0.29, 0.717) is 24.0 Å². The summed E-state index contributed by atoms with van der Waals surface area (Å²) in [4.78, 5) is 23.1. The number of amides is 1. The standard InChI is InChI=1S/C14H23NO3/c1-14(2,3)18-13(17)15-11-6-9-4-5-12(16)8-10(9)7-11/h9-11H,4-8H2,1-3H3,(H,15,17)/t9-,10+,11+/m1/s1. The smallest absolute Gasteiger partial charge is 0.407 e. The van der Waals surface area contributed by atoms with Gasteiger partial charge in [0, 0.05) is 18.9 Å². The summed E-state index contributed by atoms with van der Waals surface area (Å²) in [6.45, 7) is 5.58. The van der Waals surface area contributed by atoms with Crippen LogP contribution >= 0.6 is 0 Å². The number of rotatable bonds is 1. The summed E-state index contributed by atoms with van der Waals surface area (Å²) in [6.07, 6.45) is 4.01. The van der Waals surface area contributed by atoms with Gasteiger partial charge in [-0.15, -0.1) is 0 Å². The van der Waals surface area contributed by atoms with Crippen LogP contribution in [-0.4, -0.2) is 23.5 Å². The van der Waals surface area contributed by atoms with Gasteiger partial charge in [0.1, 0.15) is 11.4 Å². The molecule has 4 heteroatoms. The molecule has 0 aromatic carbocycles. The summed E-state index contributed by atoms with van der Waals surface area (Å²) >= 11 is 0. The van der Waals surface area contributed by atoms with E-state index in [2.05, 4.69) is 5.32 Å². The van der Waals surface area contributed by atoms with Gasteiger partial charge in [0.2, 0.25) is 0 Å². The molecule has 18 heavy (non-hydrogen) atoms. The summed E-state index contributed by atoms with van der Waals surface area (Å²) < 4.78 is 5.26. The maximum absolute atomic E-state index is 11.7. The van der Waals surface area contributed by atoms with Crippen molar-refractivity contribution in [1.82, 2.24) is 5.32 Å². The van der Waals surface area contributed by atoms with Crippen molar-refractivity contribution in [2.75, 3.05) is 0 Å². The van der Waals surface area contributed by atoms with E-state index in [1.54, 1.807) is 0 Å². The van der Waals surface area contributed by atoms with E-state index in [9.17, 15) is 9.59 Å². The van der Waals surface area contributed by atoms with Crippen molar-refractivity contribution < 1.29 is 14.3 Å². The summed E-state index contributed by atoms with van der Waals surface area (Å²) in [5.74, 6) is 1.47. The Kier molecular flexibility index (Phi) is 3.64. The highest BCUT2D eigenvalue weighted by molar-refractivity contribution is 5.79. The monoisotopic (exact) mass is 253 g/mol. The normalized spacial score (nSPS) is 31.9. The number of alkyl carbamates (subject to hydrolysis) is 1. The zero-order valence-electron chi connectivity index (χ0n) is 11.5. The summed E-state index contributed by atoms with van der Waals surface area (Å²) in [5, 5.41) is 2.93. The second-order valence-electron chi connectivity index (χ2n) is 6.62. The first-order chi connectivity index (χ1) is 8.33. The molecule has 2 rings (SSSR count). The van der Waals surface area contributed by atoms with Crippen LogP contribution in [0.4, 0.5) is 4.79 Å². The van der Waals surface area contributed by atoms with Crippen LogP contribution in [0, 0.1) is 11.8 Å². The molecule has 4 nitrogen and oxygen atoms in total. The average Bonchev–Trinajstić information content (AvgIpc) is 2.55. The third-order valence-corrected chi connectivity index (χ3v) is 3.85. The van der Waals surface area contributed by atoms with Gasteiger partial charge in [0.15, 0.2) is 0 Å². The molecule has 2 aliphatic carbocycles. The van der Waals surface area contributed by atoms with Crippen molar-refractivity contribution in [3.63, 3.8) is 0 Å². The van der Waals surface area contributed by atoms with Crippen molar-refractivity contribution in [2.45, 2.75) is 64.5 Å². The molecule has 1 amide bonds. The number of fused-ring (bicyclic) bond motifs is 1. The number of ether oxygens (including phenoxy) is 1. The maximum Gasteiger partial charge on any atom is 0.407 e. The lowest BCUT2D eigenvalue weighted by Gasteiger charge is -2.23. The lowest BCUT2D eigenvalue weighted by atomic mass is 9.81. The zero-order valence-corrected chi connectivity index (χ0v) is 11.5. The molecule has 3 atom stereocenters. The number of carbonyl (C=O) groups excluding carboxylic acids is 2. The molecule has 0 aromatic rings. The van der Waals surface area contributed by atoms with Gasteiger partial charge in [-0.05, 0) is 51.9 Å². The van der Waals surface area contributed by atoms with Crippen LogP contribution in [0.25, 0.3) is 0 Å². The van der Waals surface area contributed by atoms with Crippen LogP contribution < -0.4 is 5.32 Å². The van der Waals surface area contributed by atoms with E-state index < -0.39 is 5.60 Å². The Morgan fingerprint density at radius 3 is 2.61 bits per heavy atom. The summed E-state index contributed by atoms with van der Waals surface area (Å²) in [5.41, 5.74) is -0.453. The van der Waals surface area contributed by atoms with Gasteiger partial charge in [-0.2, -0.15) is 0 Å². The Labute approximate surface area is 108 Å². The number of carbonyl (C=O) groups is 2. The molecule has 0 aromatic heterocycles. The highest BCUT2D eigenvalue weighted by atomic mass is 16.6. The third-order valence-electron chi connectivity index (χ3n) is 3.85. The van der Waals surface area contributed by atoms with E-state index in [1.807, 2.05) is 20.8 Å². The first-order valence-corrected chi connectivity index (χ1v) is 6.85. The molecule has 1 N–H and O–H groups in total. The van der Waals surface area contributed by atoms with Gasteiger partial charge in [0.05, 0.1) is 0 Å². The lowest BCUT2D eigenvalue weighted by molar-refractivity contribution is -0.122.